The normalized spacial score (nSPS) is 19.3. The number of amides is 3. The number of carbonyl (C=O) groups is 3. The quantitative estimate of drug-likeness (QED) is 0.419. The number of likely N-dealkylation sites (tertiary alicyclic amines) is 2. The van der Waals surface area contributed by atoms with E-state index in [4.69, 9.17) is 4.74 Å². The van der Waals surface area contributed by atoms with E-state index in [1.807, 2.05) is 47.1 Å². The van der Waals surface area contributed by atoms with Crippen LogP contribution in [0.5, 0.6) is 5.75 Å². The first-order valence-corrected chi connectivity index (χ1v) is 14.1. The topological polar surface area (TPSA) is 75.1 Å². The van der Waals surface area contributed by atoms with E-state index in [0.29, 0.717) is 44.7 Å². The van der Waals surface area contributed by atoms with Gasteiger partial charge in [0.25, 0.3) is 5.91 Å². The Bertz CT molecular complexity index is 1520. The van der Waals surface area contributed by atoms with Gasteiger partial charge in [0.15, 0.2) is 0 Å². The second-order valence-corrected chi connectivity index (χ2v) is 11.4. The molecule has 0 unspecified atom stereocenters. The van der Waals surface area contributed by atoms with Crippen molar-refractivity contribution < 1.29 is 19.1 Å². The van der Waals surface area contributed by atoms with Crippen molar-refractivity contribution in [2.75, 3.05) is 33.3 Å². The van der Waals surface area contributed by atoms with Crippen LogP contribution in [0.3, 0.4) is 0 Å². The van der Waals surface area contributed by atoms with Crippen LogP contribution in [0.1, 0.15) is 39.6 Å². The number of aromatic nitrogens is 1. The summed E-state index contributed by atoms with van der Waals surface area (Å²) in [6.45, 7) is 8.32. The zero-order chi connectivity index (χ0) is 27.4. The monoisotopic (exact) mass is 590 g/mol. The Labute approximate surface area is 235 Å². The van der Waals surface area contributed by atoms with Crippen LogP contribution in [0.15, 0.2) is 53.5 Å². The molecule has 0 aliphatic carbocycles. The molecule has 0 spiro atoms. The maximum Gasteiger partial charge on any atom is 0.256 e. The van der Waals surface area contributed by atoms with Crippen molar-refractivity contribution in [3.05, 3.63) is 75.9 Å². The van der Waals surface area contributed by atoms with Crippen molar-refractivity contribution in [1.29, 1.82) is 0 Å². The summed E-state index contributed by atoms with van der Waals surface area (Å²) < 4.78 is 8.49. The van der Waals surface area contributed by atoms with Crippen LogP contribution in [-0.2, 0) is 22.6 Å². The van der Waals surface area contributed by atoms with Gasteiger partial charge in [-0.25, -0.2) is 0 Å². The summed E-state index contributed by atoms with van der Waals surface area (Å²) in [6, 6.07) is 11.5. The number of benzene rings is 2. The molecule has 2 aromatic carbocycles. The van der Waals surface area contributed by atoms with E-state index in [2.05, 4.69) is 33.1 Å². The van der Waals surface area contributed by atoms with Crippen molar-refractivity contribution >= 4 is 44.6 Å². The van der Waals surface area contributed by atoms with Gasteiger partial charge in [-0.2, -0.15) is 0 Å². The Kier molecular flexibility index (Phi) is 6.49. The zero-order valence-electron chi connectivity index (χ0n) is 22.2. The van der Waals surface area contributed by atoms with E-state index in [1.165, 1.54) is 6.08 Å². The number of fused-ring (bicyclic) bond motifs is 2. The molecular weight excluding hydrogens is 560 g/mol. The van der Waals surface area contributed by atoms with Crippen LogP contribution >= 0.6 is 15.9 Å². The van der Waals surface area contributed by atoms with Crippen molar-refractivity contribution in [3.63, 3.8) is 0 Å². The van der Waals surface area contributed by atoms with Gasteiger partial charge in [-0.3, -0.25) is 14.4 Å². The Balaban J connectivity index is 1.32. The van der Waals surface area contributed by atoms with E-state index in [-0.39, 0.29) is 29.8 Å². The van der Waals surface area contributed by atoms with E-state index in [1.54, 1.807) is 12.0 Å². The fourth-order valence-corrected chi connectivity index (χ4v) is 6.79. The van der Waals surface area contributed by atoms with Gasteiger partial charge in [0.1, 0.15) is 11.8 Å². The van der Waals surface area contributed by atoms with Gasteiger partial charge in [-0.05, 0) is 55.7 Å². The van der Waals surface area contributed by atoms with Crippen molar-refractivity contribution in [2.45, 2.75) is 38.4 Å². The molecule has 3 aromatic rings. The van der Waals surface area contributed by atoms with Gasteiger partial charge in [0.05, 0.1) is 18.7 Å². The maximum atomic E-state index is 14.1. The second-order valence-electron chi connectivity index (χ2n) is 10.5. The van der Waals surface area contributed by atoms with Crippen molar-refractivity contribution in [2.24, 2.45) is 0 Å². The third kappa shape index (κ3) is 4.14. The minimum atomic E-state index is -0.384. The van der Waals surface area contributed by atoms with Crippen molar-refractivity contribution in [1.82, 2.24) is 19.3 Å². The number of carbonyl (C=O) groups excluding carboxylic acids is 3. The highest BCUT2D eigenvalue weighted by Gasteiger charge is 2.43. The molecular formula is C30H31BrN4O4. The number of methoxy groups -OCH3 is 1. The standard InChI is InChI=1S/C30H31BrN4O4/c1-4-27(36)33-16-21(17-33)34-13-11-25(29(34)37)35-18(2)28(23-14-20(31)8-9-24(23)35)30(38)32-12-10-22-19(15-32)6-5-7-26(22)39-3/h4-9,14,21,25H,1,10-13,15-17H2,2-3H3/t25-/m0/s1. The van der Waals surface area contributed by atoms with Crippen LogP contribution in [0.25, 0.3) is 10.9 Å². The SMILES string of the molecule is C=CC(=O)N1CC(N2CC[C@H](n3c(C)c(C(=O)N4CCc5c(cccc5OC)C4)c4cc(Br)ccc43)C2=O)C1. The molecule has 3 aliphatic rings. The summed E-state index contributed by atoms with van der Waals surface area (Å²) in [5, 5.41) is 0.848. The molecule has 6 rings (SSSR count). The Hall–Kier alpha value is -3.59. The molecule has 0 radical (unpaired) electrons. The first-order valence-electron chi connectivity index (χ1n) is 13.3. The molecule has 0 N–H and O–H groups in total. The molecule has 8 nitrogen and oxygen atoms in total. The van der Waals surface area contributed by atoms with Crippen LogP contribution in [-0.4, -0.2) is 76.3 Å². The summed E-state index contributed by atoms with van der Waals surface area (Å²) >= 11 is 3.58. The molecule has 1 aromatic heterocycles. The molecule has 0 saturated carbocycles. The smallest absolute Gasteiger partial charge is 0.256 e. The Morgan fingerprint density at radius 3 is 2.67 bits per heavy atom. The molecule has 2 saturated heterocycles. The lowest BCUT2D eigenvalue weighted by Gasteiger charge is -2.43. The largest absolute Gasteiger partial charge is 0.496 e. The van der Waals surface area contributed by atoms with Gasteiger partial charge < -0.3 is 24.0 Å². The first kappa shape index (κ1) is 25.7. The Morgan fingerprint density at radius 2 is 1.92 bits per heavy atom. The number of ether oxygens (including phenoxy) is 1. The number of hydrogen-bond donors (Lipinski definition) is 0. The Morgan fingerprint density at radius 1 is 1.13 bits per heavy atom. The molecule has 9 heteroatoms. The van der Waals surface area contributed by atoms with Gasteiger partial charge in [-0.1, -0.05) is 34.6 Å². The predicted molar refractivity (Wildman–Crippen MR) is 152 cm³/mol. The molecule has 1 atom stereocenters. The summed E-state index contributed by atoms with van der Waals surface area (Å²) in [5.41, 5.74) is 4.60. The molecule has 3 amide bonds. The predicted octanol–water partition coefficient (Wildman–Crippen LogP) is 4.09. The van der Waals surface area contributed by atoms with Crippen LogP contribution in [0, 0.1) is 6.92 Å². The highest BCUT2D eigenvalue weighted by atomic mass is 79.9. The molecule has 4 heterocycles. The fourth-order valence-electron chi connectivity index (χ4n) is 6.43. The zero-order valence-corrected chi connectivity index (χ0v) is 23.7. The average molecular weight is 592 g/mol. The second kappa shape index (κ2) is 9.86. The maximum absolute atomic E-state index is 14.1. The molecule has 39 heavy (non-hydrogen) atoms. The lowest BCUT2D eigenvalue weighted by Crippen LogP contribution is -2.61. The average Bonchev–Trinajstić information content (AvgIpc) is 3.41. The number of halogens is 1. The van der Waals surface area contributed by atoms with Gasteiger partial charge >= 0.3 is 0 Å². The van der Waals surface area contributed by atoms with Gasteiger partial charge in [0, 0.05) is 59.4 Å². The first-order chi connectivity index (χ1) is 18.8. The highest BCUT2D eigenvalue weighted by molar-refractivity contribution is 9.10. The highest BCUT2D eigenvalue weighted by Crippen LogP contribution is 2.38. The third-order valence-electron chi connectivity index (χ3n) is 8.47. The summed E-state index contributed by atoms with van der Waals surface area (Å²) in [4.78, 5) is 45.2. The van der Waals surface area contributed by atoms with Gasteiger partial charge in [0.2, 0.25) is 11.8 Å². The number of hydrogen-bond acceptors (Lipinski definition) is 4. The summed E-state index contributed by atoms with van der Waals surface area (Å²) in [5.74, 6) is 0.785. The minimum absolute atomic E-state index is 0.0224. The number of rotatable bonds is 5. The lowest BCUT2D eigenvalue weighted by molar-refractivity contribution is -0.142. The van der Waals surface area contributed by atoms with E-state index < -0.39 is 0 Å². The van der Waals surface area contributed by atoms with E-state index in [9.17, 15) is 14.4 Å². The molecule has 3 aliphatic heterocycles. The minimum Gasteiger partial charge on any atom is -0.496 e. The summed E-state index contributed by atoms with van der Waals surface area (Å²) in [7, 11) is 1.68. The molecule has 2 fully saturated rings. The fraction of sp³-hybridized carbons (Fsp3) is 0.367. The van der Waals surface area contributed by atoms with Crippen molar-refractivity contribution in [3.8, 4) is 5.75 Å². The molecule has 202 valence electrons. The van der Waals surface area contributed by atoms with Crippen LogP contribution in [0.4, 0.5) is 0 Å². The number of nitrogens with zero attached hydrogens (tertiary/aromatic N) is 4. The van der Waals surface area contributed by atoms with Crippen LogP contribution < -0.4 is 4.74 Å². The lowest BCUT2D eigenvalue weighted by atomic mass is 9.97. The summed E-state index contributed by atoms with van der Waals surface area (Å²) in [6.07, 6.45) is 2.71. The third-order valence-corrected chi connectivity index (χ3v) is 8.96. The van der Waals surface area contributed by atoms with Gasteiger partial charge in [-0.15, -0.1) is 0 Å². The van der Waals surface area contributed by atoms with E-state index >= 15 is 0 Å². The van der Waals surface area contributed by atoms with Crippen LogP contribution in [0.2, 0.25) is 0 Å². The van der Waals surface area contributed by atoms with E-state index in [0.717, 1.165) is 44.4 Å². The molecule has 0 bridgehead atoms.